The molecular weight excluding hydrogens is 210 g/mol. The highest BCUT2D eigenvalue weighted by molar-refractivity contribution is 5.72. The SMILES string of the molecule is CCOC(=O)C[C@H]1CCCCN1C(=O)OC. The van der Waals surface area contributed by atoms with E-state index in [2.05, 4.69) is 0 Å². The molecule has 0 aliphatic carbocycles. The number of piperidine rings is 1. The minimum Gasteiger partial charge on any atom is -0.466 e. The minimum atomic E-state index is -0.353. The summed E-state index contributed by atoms with van der Waals surface area (Å²) < 4.78 is 9.58. The summed E-state index contributed by atoms with van der Waals surface area (Å²) in [5.41, 5.74) is 0. The Morgan fingerprint density at radius 1 is 1.38 bits per heavy atom. The maximum atomic E-state index is 11.5. The zero-order valence-electron chi connectivity index (χ0n) is 9.90. The smallest absolute Gasteiger partial charge is 0.409 e. The quantitative estimate of drug-likeness (QED) is 0.689. The van der Waals surface area contributed by atoms with Gasteiger partial charge in [-0.05, 0) is 26.2 Å². The molecule has 1 saturated heterocycles. The van der Waals surface area contributed by atoms with Crippen LogP contribution < -0.4 is 0 Å². The Labute approximate surface area is 95.7 Å². The van der Waals surface area contributed by atoms with Gasteiger partial charge in [0, 0.05) is 12.6 Å². The van der Waals surface area contributed by atoms with Crippen LogP contribution in [0.1, 0.15) is 32.6 Å². The van der Waals surface area contributed by atoms with Gasteiger partial charge in [-0.1, -0.05) is 0 Å². The number of nitrogens with zero attached hydrogens (tertiary/aromatic N) is 1. The highest BCUT2D eigenvalue weighted by Gasteiger charge is 2.29. The van der Waals surface area contributed by atoms with Crippen molar-refractivity contribution in [2.45, 2.75) is 38.6 Å². The molecule has 0 aromatic heterocycles. The van der Waals surface area contributed by atoms with Gasteiger partial charge in [0.15, 0.2) is 0 Å². The van der Waals surface area contributed by atoms with Crippen molar-refractivity contribution < 1.29 is 19.1 Å². The topological polar surface area (TPSA) is 55.8 Å². The predicted molar refractivity (Wildman–Crippen MR) is 58.0 cm³/mol. The number of likely N-dealkylation sites (tertiary alicyclic amines) is 1. The molecule has 92 valence electrons. The molecule has 1 fully saturated rings. The summed E-state index contributed by atoms with van der Waals surface area (Å²) in [6.45, 7) is 2.82. The van der Waals surface area contributed by atoms with Crippen LogP contribution >= 0.6 is 0 Å². The van der Waals surface area contributed by atoms with E-state index in [1.54, 1.807) is 11.8 Å². The van der Waals surface area contributed by atoms with Gasteiger partial charge in [-0.2, -0.15) is 0 Å². The molecule has 0 N–H and O–H groups in total. The third-order valence-electron chi connectivity index (χ3n) is 2.74. The molecule has 1 aliphatic heterocycles. The second kappa shape index (κ2) is 6.35. The van der Waals surface area contributed by atoms with Crippen LogP contribution in [0.3, 0.4) is 0 Å². The first-order valence-electron chi connectivity index (χ1n) is 5.69. The predicted octanol–water partition coefficient (Wildman–Crippen LogP) is 1.56. The first-order chi connectivity index (χ1) is 7.69. The zero-order valence-corrected chi connectivity index (χ0v) is 9.90. The third kappa shape index (κ3) is 3.40. The summed E-state index contributed by atoms with van der Waals surface area (Å²) >= 11 is 0. The van der Waals surface area contributed by atoms with Crippen molar-refractivity contribution in [3.05, 3.63) is 0 Å². The number of carbonyl (C=O) groups excluding carboxylic acids is 2. The summed E-state index contributed by atoms with van der Waals surface area (Å²) in [6.07, 6.45) is 2.76. The number of amides is 1. The van der Waals surface area contributed by atoms with Crippen LogP contribution in [0.5, 0.6) is 0 Å². The molecular formula is C11H19NO4. The summed E-state index contributed by atoms with van der Waals surface area (Å²) in [4.78, 5) is 24.5. The van der Waals surface area contributed by atoms with Gasteiger partial charge in [-0.15, -0.1) is 0 Å². The molecule has 1 amide bonds. The summed E-state index contributed by atoms with van der Waals surface area (Å²) in [5.74, 6) is -0.247. The fourth-order valence-corrected chi connectivity index (χ4v) is 1.98. The summed E-state index contributed by atoms with van der Waals surface area (Å²) in [6, 6.07) is -0.0692. The van der Waals surface area contributed by atoms with Crippen molar-refractivity contribution in [3.8, 4) is 0 Å². The molecule has 1 rings (SSSR count). The average molecular weight is 229 g/mol. The standard InChI is InChI=1S/C11H19NO4/c1-3-16-10(13)8-9-6-4-5-7-12(9)11(14)15-2/h9H,3-8H2,1-2H3/t9-/m1/s1. The van der Waals surface area contributed by atoms with Crippen LogP contribution in [0.25, 0.3) is 0 Å². The van der Waals surface area contributed by atoms with Crippen LogP contribution in [0, 0.1) is 0 Å². The van der Waals surface area contributed by atoms with Gasteiger partial charge in [-0.3, -0.25) is 4.79 Å². The van der Waals surface area contributed by atoms with Crippen molar-refractivity contribution >= 4 is 12.1 Å². The first-order valence-corrected chi connectivity index (χ1v) is 5.69. The third-order valence-corrected chi connectivity index (χ3v) is 2.74. The van der Waals surface area contributed by atoms with Crippen LogP contribution in [0.2, 0.25) is 0 Å². The Morgan fingerprint density at radius 2 is 2.12 bits per heavy atom. The molecule has 0 unspecified atom stereocenters. The molecule has 0 saturated carbocycles. The molecule has 0 aromatic carbocycles. The fourth-order valence-electron chi connectivity index (χ4n) is 1.98. The molecule has 1 aliphatic rings. The Hall–Kier alpha value is -1.26. The molecule has 16 heavy (non-hydrogen) atoms. The Bertz CT molecular complexity index is 254. The van der Waals surface area contributed by atoms with Crippen molar-refractivity contribution in [2.24, 2.45) is 0 Å². The normalized spacial score (nSPS) is 20.4. The van der Waals surface area contributed by atoms with Gasteiger partial charge < -0.3 is 14.4 Å². The number of esters is 1. The molecule has 5 nitrogen and oxygen atoms in total. The second-order valence-corrected chi connectivity index (χ2v) is 3.82. The van der Waals surface area contributed by atoms with Crippen LogP contribution in [-0.2, 0) is 14.3 Å². The highest BCUT2D eigenvalue weighted by Crippen LogP contribution is 2.20. The lowest BCUT2D eigenvalue weighted by Gasteiger charge is -2.33. The van der Waals surface area contributed by atoms with Crippen molar-refractivity contribution in [1.82, 2.24) is 4.90 Å². The lowest BCUT2D eigenvalue weighted by molar-refractivity contribution is -0.144. The number of rotatable bonds is 3. The van der Waals surface area contributed by atoms with Gasteiger partial charge in [0.25, 0.3) is 0 Å². The van der Waals surface area contributed by atoms with Crippen molar-refractivity contribution in [2.75, 3.05) is 20.3 Å². The van der Waals surface area contributed by atoms with E-state index in [0.717, 1.165) is 19.3 Å². The molecule has 5 heteroatoms. The monoisotopic (exact) mass is 229 g/mol. The van der Waals surface area contributed by atoms with Gasteiger partial charge in [0.2, 0.25) is 0 Å². The van der Waals surface area contributed by atoms with E-state index in [1.165, 1.54) is 7.11 Å². The molecule has 1 atom stereocenters. The number of ether oxygens (including phenoxy) is 2. The van der Waals surface area contributed by atoms with Crippen LogP contribution in [0.15, 0.2) is 0 Å². The van der Waals surface area contributed by atoms with Crippen molar-refractivity contribution in [3.63, 3.8) is 0 Å². The molecule has 0 aromatic rings. The van der Waals surface area contributed by atoms with Crippen LogP contribution in [0.4, 0.5) is 4.79 Å². The Balaban J connectivity index is 2.53. The fraction of sp³-hybridized carbons (Fsp3) is 0.818. The maximum Gasteiger partial charge on any atom is 0.409 e. The lowest BCUT2D eigenvalue weighted by Crippen LogP contribution is -2.44. The van der Waals surface area contributed by atoms with E-state index in [-0.39, 0.29) is 24.5 Å². The van der Waals surface area contributed by atoms with Gasteiger partial charge >= 0.3 is 12.1 Å². The van der Waals surface area contributed by atoms with E-state index in [4.69, 9.17) is 9.47 Å². The zero-order chi connectivity index (χ0) is 12.0. The number of methoxy groups -OCH3 is 1. The highest BCUT2D eigenvalue weighted by atomic mass is 16.5. The van der Waals surface area contributed by atoms with E-state index >= 15 is 0 Å². The largest absolute Gasteiger partial charge is 0.466 e. The van der Waals surface area contributed by atoms with Crippen molar-refractivity contribution in [1.29, 1.82) is 0 Å². The van der Waals surface area contributed by atoms with Gasteiger partial charge in [0.1, 0.15) is 0 Å². The van der Waals surface area contributed by atoms with E-state index < -0.39 is 0 Å². The van der Waals surface area contributed by atoms with Crippen LogP contribution in [-0.4, -0.2) is 43.3 Å². The number of hydrogen-bond donors (Lipinski definition) is 0. The van der Waals surface area contributed by atoms with E-state index in [0.29, 0.717) is 13.2 Å². The molecule has 0 bridgehead atoms. The first kappa shape index (κ1) is 12.8. The Morgan fingerprint density at radius 3 is 2.75 bits per heavy atom. The number of carbonyl (C=O) groups is 2. The second-order valence-electron chi connectivity index (χ2n) is 3.82. The Kier molecular flexibility index (Phi) is 5.08. The molecule has 0 radical (unpaired) electrons. The lowest BCUT2D eigenvalue weighted by atomic mass is 10.00. The number of hydrogen-bond acceptors (Lipinski definition) is 4. The summed E-state index contributed by atoms with van der Waals surface area (Å²) in [7, 11) is 1.36. The van der Waals surface area contributed by atoms with Gasteiger partial charge in [-0.25, -0.2) is 4.79 Å². The molecule has 0 spiro atoms. The van der Waals surface area contributed by atoms with Gasteiger partial charge in [0.05, 0.1) is 20.1 Å². The summed E-state index contributed by atoms with van der Waals surface area (Å²) in [5, 5.41) is 0. The molecule has 1 heterocycles. The van der Waals surface area contributed by atoms with E-state index in [1.807, 2.05) is 0 Å². The van der Waals surface area contributed by atoms with E-state index in [9.17, 15) is 9.59 Å². The average Bonchev–Trinajstić information content (AvgIpc) is 2.29. The minimum absolute atomic E-state index is 0.0692. The maximum absolute atomic E-state index is 11.5.